The molecule has 4 rings (SSSR count). The van der Waals surface area contributed by atoms with Crippen LogP contribution in [-0.4, -0.2) is 73.2 Å². The van der Waals surface area contributed by atoms with E-state index in [0.29, 0.717) is 19.5 Å². The Hall–Kier alpha value is -3.38. The molecule has 9 nitrogen and oxygen atoms in total. The SMILES string of the molecule is CC1CNC(=O)[C@@H]1C[C@H](NC(=O)C1[C@@H]2CCC[C@H]2CN1C(=O)COc1ccc(OC(F)(F)F)cc1)C(=O)CF. The number of amides is 3. The zero-order valence-electron chi connectivity index (χ0n) is 21.3. The number of fused-ring (bicyclic) bond motifs is 1. The lowest BCUT2D eigenvalue weighted by molar-refractivity contribution is -0.274. The molecule has 0 spiro atoms. The van der Waals surface area contributed by atoms with E-state index in [1.165, 1.54) is 17.0 Å². The van der Waals surface area contributed by atoms with Crippen LogP contribution in [0, 0.1) is 23.7 Å². The molecular weight excluding hydrogens is 526 g/mol. The number of ketones is 1. The van der Waals surface area contributed by atoms with Crippen molar-refractivity contribution in [1.82, 2.24) is 15.5 Å². The Bertz CT molecular complexity index is 1080. The van der Waals surface area contributed by atoms with Gasteiger partial charge in [-0.3, -0.25) is 19.2 Å². The van der Waals surface area contributed by atoms with Crippen LogP contribution in [-0.2, 0) is 19.2 Å². The topological polar surface area (TPSA) is 114 Å². The first-order valence-corrected chi connectivity index (χ1v) is 12.9. The third kappa shape index (κ3) is 6.80. The van der Waals surface area contributed by atoms with E-state index in [4.69, 9.17) is 4.74 Å². The van der Waals surface area contributed by atoms with Crippen molar-refractivity contribution in [2.45, 2.75) is 51.1 Å². The van der Waals surface area contributed by atoms with Crippen LogP contribution in [0.2, 0.25) is 0 Å². The molecular formula is C26H31F4N3O6. The molecule has 1 saturated carbocycles. The van der Waals surface area contributed by atoms with Crippen LogP contribution < -0.4 is 20.1 Å². The minimum atomic E-state index is -4.84. The predicted molar refractivity (Wildman–Crippen MR) is 128 cm³/mol. The lowest BCUT2D eigenvalue weighted by Crippen LogP contribution is -2.54. The Morgan fingerprint density at radius 2 is 1.85 bits per heavy atom. The van der Waals surface area contributed by atoms with Gasteiger partial charge in [-0.25, -0.2) is 4.39 Å². The van der Waals surface area contributed by atoms with Crippen LogP contribution in [0.15, 0.2) is 24.3 Å². The van der Waals surface area contributed by atoms with Gasteiger partial charge in [-0.15, -0.1) is 13.2 Å². The molecule has 1 aromatic carbocycles. The van der Waals surface area contributed by atoms with Crippen molar-refractivity contribution in [2.24, 2.45) is 23.7 Å². The number of hydrogen-bond donors (Lipinski definition) is 2. The summed E-state index contributed by atoms with van der Waals surface area (Å²) < 4.78 is 59.7. The molecule has 214 valence electrons. The maximum atomic E-state index is 13.5. The summed E-state index contributed by atoms with van der Waals surface area (Å²) >= 11 is 0. The van der Waals surface area contributed by atoms with E-state index >= 15 is 0 Å². The van der Waals surface area contributed by atoms with Crippen molar-refractivity contribution in [2.75, 3.05) is 26.4 Å². The van der Waals surface area contributed by atoms with Crippen molar-refractivity contribution in [1.29, 1.82) is 0 Å². The molecule has 2 heterocycles. The van der Waals surface area contributed by atoms with Gasteiger partial charge in [0.15, 0.2) is 12.4 Å². The third-order valence-electron chi connectivity index (χ3n) is 7.85. The second kappa shape index (κ2) is 11.8. The predicted octanol–water partition coefficient (Wildman–Crippen LogP) is 2.39. The molecule has 3 amide bonds. The van der Waals surface area contributed by atoms with Gasteiger partial charge in [-0.05, 0) is 61.3 Å². The normalized spacial score (nSPS) is 27.1. The summed E-state index contributed by atoms with van der Waals surface area (Å²) in [6, 6.07) is 2.47. The van der Waals surface area contributed by atoms with Crippen molar-refractivity contribution in [3.8, 4) is 11.5 Å². The molecule has 3 aliphatic rings. The molecule has 39 heavy (non-hydrogen) atoms. The molecule has 6 atom stereocenters. The van der Waals surface area contributed by atoms with E-state index in [-0.39, 0.29) is 35.8 Å². The number of Topliss-reactive ketones (excluding diaryl/α,β-unsaturated/α-hetero) is 1. The Balaban J connectivity index is 1.42. The summed E-state index contributed by atoms with van der Waals surface area (Å²) in [5, 5.41) is 5.33. The van der Waals surface area contributed by atoms with E-state index in [1.807, 2.05) is 6.92 Å². The van der Waals surface area contributed by atoms with Gasteiger partial charge in [0.05, 0.1) is 6.04 Å². The van der Waals surface area contributed by atoms with Gasteiger partial charge in [0.2, 0.25) is 11.8 Å². The summed E-state index contributed by atoms with van der Waals surface area (Å²) in [4.78, 5) is 52.5. The number of carbonyl (C=O) groups is 4. The average Bonchev–Trinajstić information content (AvgIpc) is 3.57. The number of alkyl halides is 4. The minimum absolute atomic E-state index is 0.0343. The molecule has 2 N–H and O–H groups in total. The Labute approximate surface area is 222 Å². The van der Waals surface area contributed by atoms with Crippen molar-refractivity contribution >= 4 is 23.5 Å². The molecule has 1 aliphatic carbocycles. The second-order valence-electron chi connectivity index (χ2n) is 10.4. The van der Waals surface area contributed by atoms with Gasteiger partial charge in [0.25, 0.3) is 5.91 Å². The average molecular weight is 558 g/mol. The fraction of sp³-hybridized carbons (Fsp3) is 0.615. The fourth-order valence-electron chi connectivity index (χ4n) is 5.87. The summed E-state index contributed by atoms with van der Waals surface area (Å²) in [5.41, 5.74) is 0. The smallest absolute Gasteiger partial charge is 0.484 e. The van der Waals surface area contributed by atoms with E-state index in [9.17, 15) is 36.7 Å². The van der Waals surface area contributed by atoms with E-state index in [2.05, 4.69) is 15.4 Å². The molecule has 0 aromatic heterocycles. The Morgan fingerprint density at radius 3 is 2.46 bits per heavy atom. The summed E-state index contributed by atoms with van der Waals surface area (Å²) in [6.07, 6.45) is -2.45. The quantitative estimate of drug-likeness (QED) is 0.427. The molecule has 13 heteroatoms. The van der Waals surface area contributed by atoms with Crippen LogP contribution in [0.1, 0.15) is 32.6 Å². The molecule has 3 fully saturated rings. The zero-order valence-corrected chi connectivity index (χ0v) is 21.3. The van der Waals surface area contributed by atoms with Crippen LogP contribution in [0.25, 0.3) is 0 Å². The second-order valence-corrected chi connectivity index (χ2v) is 10.4. The number of carbonyl (C=O) groups excluding carboxylic acids is 4. The lowest BCUT2D eigenvalue weighted by atomic mass is 9.88. The highest BCUT2D eigenvalue weighted by molar-refractivity contribution is 5.94. The first kappa shape index (κ1) is 28.6. The summed E-state index contributed by atoms with van der Waals surface area (Å²) in [6.45, 7) is 0.815. The van der Waals surface area contributed by atoms with E-state index in [0.717, 1.165) is 25.0 Å². The van der Waals surface area contributed by atoms with Crippen molar-refractivity contribution < 1.29 is 46.2 Å². The number of benzene rings is 1. The molecule has 2 saturated heterocycles. The molecule has 2 unspecified atom stereocenters. The van der Waals surface area contributed by atoms with Gasteiger partial charge >= 0.3 is 6.36 Å². The van der Waals surface area contributed by atoms with Crippen LogP contribution in [0.4, 0.5) is 17.6 Å². The maximum Gasteiger partial charge on any atom is 0.573 e. The highest BCUT2D eigenvalue weighted by atomic mass is 19.4. The molecule has 0 radical (unpaired) electrons. The van der Waals surface area contributed by atoms with E-state index < -0.39 is 61.0 Å². The van der Waals surface area contributed by atoms with Gasteiger partial charge in [-0.2, -0.15) is 0 Å². The Kier molecular flexibility index (Phi) is 8.65. The standard InChI is InChI=1S/C26H31F4N3O6/c1-14-11-31-24(36)19(14)9-20(21(34)10-27)32-25(37)23-18-4-2-3-15(18)12-33(23)22(35)13-38-16-5-7-17(8-6-16)39-26(28,29)30/h5-8,14-15,18-20,23H,2-4,9-13H2,1H3,(H,31,36)(H,32,37)/t14?,15-,18+,19+,20-,23?/m0/s1. The number of hydrogen-bond acceptors (Lipinski definition) is 6. The molecule has 0 bridgehead atoms. The van der Waals surface area contributed by atoms with Gasteiger partial charge in [-0.1, -0.05) is 13.3 Å². The highest BCUT2D eigenvalue weighted by Crippen LogP contribution is 2.42. The van der Waals surface area contributed by atoms with Crippen molar-refractivity contribution in [3.63, 3.8) is 0 Å². The number of nitrogens with zero attached hydrogens (tertiary/aromatic N) is 1. The monoisotopic (exact) mass is 557 g/mol. The Morgan fingerprint density at radius 1 is 1.15 bits per heavy atom. The van der Waals surface area contributed by atoms with E-state index in [1.54, 1.807) is 0 Å². The largest absolute Gasteiger partial charge is 0.573 e. The minimum Gasteiger partial charge on any atom is -0.484 e. The summed E-state index contributed by atoms with van der Waals surface area (Å²) in [7, 11) is 0. The number of rotatable bonds is 10. The maximum absolute atomic E-state index is 13.5. The number of ether oxygens (including phenoxy) is 2. The first-order valence-electron chi connectivity index (χ1n) is 12.9. The van der Waals surface area contributed by atoms with Gasteiger partial charge in [0.1, 0.15) is 24.2 Å². The number of halogens is 4. The lowest BCUT2D eigenvalue weighted by Gasteiger charge is -2.29. The van der Waals surface area contributed by atoms with Crippen molar-refractivity contribution in [3.05, 3.63) is 24.3 Å². The first-order chi connectivity index (χ1) is 18.5. The summed E-state index contributed by atoms with van der Waals surface area (Å²) in [5.74, 6) is -3.16. The molecule has 1 aromatic rings. The van der Waals surface area contributed by atoms with Crippen LogP contribution >= 0.6 is 0 Å². The van der Waals surface area contributed by atoms with Gasteiger partial charge in [0, 0.05) is 19.0 Å². The number of likely N-dealkylation sites (tertiary alicyclic amines) is 1. The van der Waals surface area contributed by atoms with Crippen LogP contribution in [0.3, 0.4) is 0 Å². The zero-order chi connectivity index (χ0) is 28.3. The number of nitrogens with one attached hydrogen (secondary N) is 2. The van der Waals surface area contributed by atoms with Gasteiger partial charge < -0.3 is 25.0 Å². The molecule has 2 aliphatic heterocycles. The fourth-order valence-corrected chi connectivity index (χ4v) is 5.87. The third-order valence-corrected chi connectivity index (χ3v) is 7.85. The highest BCUT2D eigenvalue weighted by Gasteiger charge is 2.50. The van der Waals surface area contributed by atoms with Crippen LogP contribution in [0.5, 0.6) is 11.5 Å².